The Hall–Kier alpha value is -5.71. The average molecular weight is 738 g/mol. The van der Waals surface area contributed by atoms with Crippen molar-refractivity contribution < 1.29 is 82.8 Å². The third-order valence-electron chi connectivity index (χ3n) is 5.90. The highest BCUT2D eigenvalue weighted by atomic mass is 19.4. The van der Waals surface area contributed by atoms with Crippen LogP contribution in [0.2, 0.25) is 0 Å². The molecule has 5 rings (SSSR count). The van der Waals surface area contributed by atoms with Crippen molar-refractivity contribution in [3.05, 3.63) is 42.5 Å². The highest BCUT2D eigenvalue weighted by Crippen LogP contribution is 2.39. The Balaban J connectivity index is 0.000000338. The number of carbonyl (C=O) groups excluding carboxylic acids is 1. The lowest BCUT2D eigenvalue weighted by molar-refractivity contribution is -0.193. The minimum atomic E-state index is -5.08. The van der Waals surface area contributed by atoms with Gasteiger partial charge in [0.2, 0.25) is 5.91 Å². The SMILES string of the molecule is CN(C)c1c(F)cc2[nH]ncc2c1-c1ccn2nc(NC(=O)[C@@H]3C[C@@H]3F)cc2c1.O=C(O)C(F)(F)F.O=C(O)C(F)(F)F.O=C(O)C(F)(F)F. The molecule has 0 spiro atoms. The van der Waals surface area contributed by atoms with Gasteiger partial charge in [0.05, 0.1) is 28.8 Å². The zero-order valence-corrected chi connectivity index (χ0v) is 24.7. The van der Waals surface area contributed by atoms with Gasteiger partial charge in [0.1, 0.15) is 12.0 Å². The fraction of sp³-hybridized carbons (Fsp3) is 0.308. The zero-order valence-electron chi connectivity index (χ0n) is 24.7. The summed E-state index contributed by atoms with van der Waals surface area (Å²) in [5.41, 5.74) is 3.28. The molecule has 1 aromatic carbocycles. The average Bonchev–Trinajstić information content (AvgIpc) is 3.32. The van der Waals surface area contributed by atoms with Gasteiger partial charge in [-0.2, -0.15) is 49.7 Å². The van der Waals surface area contributed by atoms with Crippen LogP contribution < -0.4 is 10.2 Å². The van der Waals surface area contributed by atoms with Crippen molar-refractivity contribution in [2.24, 2.45) is 5.92 Å². The van der Waals surface area contributed by atoms with E-state index in [-0.39, 0.29) is 18.1 Å². The summed E-state index contributed by atoms with van der Waals surface area (Å²) >= 11 is 0. The van der Waals surface area contributed by atoms with Gasteiger partial charge in [-0.1, -0.05) is 0 Å². The summed E-state index contributed by atoms with van der Waals surface area (Å²) in [7, 11) is 3.57. The molecule has 0 unspecified atom stereocenters. The number of halogens is 11. The molecule has 2 atom stereocenters. The number of hydrogen-bond acceptors (Lipinski definition) is 7. The molecule has 50 heavy (non-hydrogen) atoms. The molecule has 13 nitrogen and oxygen atoms in total. The van der Waals surface area contributed by atoms with Crippen molar-refractivity contribution in [1.29, 1.82) is 0 Å². The summed E-state index contributed by atoms with van der Waals surface area (Å²) in [4.78, 5) is 40.4. The molecule has 0 radical (unpaired) electrons. The van der Waals surface area contributed by atoms with Crippen LogP contribution in [0, 0.1) is 11.7 Å². The number of H-pyrrole nitrogens is 1. The van der Waals surface area contributed by atoms with E-state index in [1.165, 1.54) is 6.07 Å². The Morgan fingerprint density at radius 2 is 1.38 bits per heavy atom. The number of aromatic amines is 1. The Labute approximate surface area is 269 Å². The molecule has 24 heteroatoms. The summed E-state index contributed by atoms with van der Waals surface area (Å²) in [5.74, 6) is -9.21. The molecule has 3 heterocycles. The molecule has 0 bridgehead atoms. The third-order valence-corrected chi connectivity index (χ3v) is 5.90. The van der Waals surface area contributed by atoms with Crippen LogP contribution in [0.5, 0.6) is 0 Å². The molecule has 1 saturated carbocycles. The number of hydrogen-bond donors (Lipinski definition) is 5. The van der Waals surface area contributed by atoms with Gasteiger partial charge in [-0.25, -0.2) is 27.7 Å². The number of aromatic nitrogens is 4. The van der Waals surface area contributed by atoms with Gasteiger partial charge in [0.15, 0.2) is 5.82 Å². The first kappa shape index (κ1) is 40.5. The highest BCUT2D eigenvalue weighted by Gasteiger charge is 2.44. The number of carboxylic acids is 3. The molecule has 274 valence electrons. The van der Waals surface area contributed by atoms with Crippen molar-refractivity contribution in [2.75, 3.05) is 24.3 Å². The predicted octanol–water partition coefficient (Wildman–Crippen LogP) is 5.28. The van der Waals surface area contributed by atoms with Crippen LogP contribution in [0.25, 0.3) is 27.5 Å². The van der Waals surface area contributed by atoms with Crippen molar-refractivity contribution in [2.45, 2.75) is 31.1 Å². The second kappa shape index (κ2) is 15.2. The Morgan fingerprint density at radius 1 is 0.900 bits per heavy atom. The minimum absolute atomic E-state index is 0.261. The molecule has 1 fully saturated rings. The summed E-state index contributed by atoms with van der Waals surface area (Å²) < 4.78 is 125. The number of anilines is 2. The van der Waals surface area contributed by atoms with Crippen LogP contribution in [0.15, 0.2) is 36.7 Å². The maximum atomic E-state index is 14.8. The van der Waals surface area contributed by atoms with Gasteiger partial charge in [0.25, 0.3) is 0 Å². The number of amides is 1. The third kappa shape index (κ3) is 10.9. The lowest BCUT2D eigenvalue weighted by atomic mass is 9.99. The van der Waals surface area contributed by atoms with E-state index in [1.54, 1.807) is 42.0 Å². The van der Waals surface area contributed by atoms with Gasteiger partial charge in [-0.3, -0.25) is 9.89 Å². The number of aliphatic carboxylic acids is 3. The standard InChI is InChI=1S/C20H18F2N6O.3C2HF3O2/c1-27(2)19-15(22)8-16-13(9-23-25-16)18(19)10-3-4-28-11(5-10)6-17(26-28)24-20(29)12-7-14(12)21;3*3-2(4,5)1(6)7/h3-6,8-9,12,14H,7H2,1-2H3,(H,23,25)(H,24,26,29);3*(H,6,7)/t12-,14+;;;/m1.../s1. The number of alkyl halides is 10. The number of fused-ring (bicyclic) bond motifs is 2. The second-order valence-electron chi connectivity index (χ2n) is 9.88. The van der Waals surface area contributed by atoms with Crippen LogP contribution in [0.4, 0.5) is 59.8 Å². The molecule has 5 N–H and O–H groups in total. The number of nitrogens with zero attached hydrogens (tertiary/aromatic N) is 4. The molecule has 1 aliphatic rings. The largest absolute Gasteiger partial charge is 0.490 e. The summed E-state index contributed by atoms with van der Waals surface area (Å²) in [6, 6.07) is 6.84. The van der Waals surface area contributed by atoms with Crippen molar-refractivity contribution in [1.82, 2.24) is 19.8 Å². The zero-order chi connectivity index (χ0) is 38.5. The summed E-state index contributed by atoms with van der Waals surface area (Å²) in [6.45, 7) is 0. The van der Waals surface area contributed by atoms with Gasteiger partial charge in [0, 0.05) is 43.4 Å². The quantitative estimate of drug-likeness (QED) is 0.172. The first-order valence-corrected chi connectivity index (χ1v) is 12.9. The molecular weight excluding hydrogens is 717 g/mol. The molecule has 4 aromatic rings. The van der Waals surface area contributed by atoms with Crippen molar-refractivity contribution in [3.8, 4) is 11.1 Å². The second-order valence-corrected chi connectivity index (χ2v) is 9.88. The number of pyridine rings is 1. The van der Waals surface area contributed by atoms with Crippen molar-refractivity contribution in [3.63, 3.8) is 0 Å². The van der Waals surface area contributed by atoms with E-state index >= 15 is 0 Å². The molecule has 1 amide bonds. The number of benzene rings is 1. The summed E-state index contributed by atoms with van der Waals surface area (Å²) in [5, 5.41) is 36.0. The fourth-order valence-electron chi connectivity index (χ4n) is 3.64. The van der Waals surface area contributed by atoms with Crippen LogP contribution in [-0.2, 0) is 19.2 Å². The van der Waals surface area contributed by atoms with Gasteiger partial charge < -0.3 is 25.5 Å². The van der Waals surface area contributed by atoms with Gasteiger partial charge in [-0.05, 0) is 24.1 Å². The molecule has 1 aliphatic carbocycles. The van der Waals surface area contributed by atoms with Crippen LogP contribution in [-0.4, -0.2) is 97.7 Å². The monoisotopic (exact) mass is 738 g/mol. The predicted molar refractivity (Wildman–Crippen MR) is 147 cm³/mol. The van der Waals surface area contributed by atoms with E-state index in [0.717, 1.165) is 16.5 Å². The lowest BCUT2D eigenvalue weighted by Gasteiger charge is -2.19. The maximum Gasteiger partial charge on any atom is 0.490 e. The van der Waals surface area contributed by atoms with Crippen LogP contribution in [0.3, 0.4) is 0 Å². The van der Waals surface area contributed by atoms with Crippen LogP contribution >= 0.6 is 0 Å². The Kier molecular flexibility index (Phi) is 12.3. The lowest BCUT2D eigenvalue weighted by Crippen LogP contribution is -2.21. The molecule has 3 aromatic heterocycles. The Morgan fingerprint density at radius 3 is 1.80 bits per heavy atom. The van der Waals surface area contributed by atoms with E-state index < -0.39 is 48.5 Å². The first-order valence-electron chi connectivity index (χ1n) is 12.9. The normalized spacial score (nSPS) is 15.4. The number of carboxylic acid groups (broad SMARTS) is 3. The number of carbonyl (C=O) groups is 4. The molecule has 0 aliphatic heterocycles. The Bertz CT molecular complexity index is 1810. The van der Waals surface area contributed by atoms with Crippen molar-refractivity contribution >= 4 is 51.7 Å². The number of rotatable bonds is 4. The van der Waals surface area contributed by atoms with Gasteiger partial charge >= 0.3 is 36.4 Å². The van der Waals surface area contributed by atoms with E-state index in [9.17, 15) is 53.1 Å². The van der Waals surface area contributed by atoms with E-state index in [0.29, 0.717) is 22.6 Å². The topological polar surface area (TPSA) is 190 Å². The minimum Gasteiger partial charge on any atom is -0.475 e. The van der Waals surface area contributed by atoms with Crippen LogP contribution in [0.1, 0.15) is 6.42 Å². The molecular formula is C26H21F11N6O7. The van der Waals surface area contributed by atoms with E-state index in [4.69, 9.17) is 29.7 Å². The maximum absolute atomic E-state index is 14.8. The van der Waals surface area contributed by atoms with E-state index in [1.807, 2.05) is 12.1 Å². The highest BCUT2D eigenvalue weighted by molar-refractivity contribution is 6.02. The first-order chi connectivity index (χ1) is 22.7. The number of nitrogens with one attached hydrogen (secondary N) is 2. The smallest absolute Gasteiger partial charge is 0.475 e. The van der Waals surface area contributed by atoms with Gasteiger partial charge in [-0.15, -0.1) is 0 Å². The molecule has 0 saturated heterocycles. The summed E-state index contributed by atoms with van der Waals surface area (Å²) in [6.07, 6.45) is -12.6. The van der Waals surface area contributed by atoms with E-state index in [2.05, 4.69) is 20.6 Å². The fourth-order valence-corrected chi connectivity index (χ4v) is 3.64.